The van der Waals surface area contributed by atoms with Crippen molar-refractivity contribution < 1.29 is 9.53 Å². The predicted octanol–water partition coefficient (Wildman–Crippen LogP) is 3.07. The van der Waals surface area contributed by atoms with E-state index >= 15 is 0 Å². The molecule has 0 N–H and O–H groups in total. The summed E-state index contributed by atoms with van der Waals surface area (Å²) < 4.78 is 6.82. The first-order valence-corrected chi connectivity index (χ1v) is 11.1. The molecule has 1 saturated heterocycles. The number of rotatable bonds is 6. The van der Waals surface area contributed by atoms with Gasteiger partial charge in [-0.15, -0.1) is 11.3 Å². The minimum atomic E-state index is -0.0413. The second-order valence-corrected chi connectivity index (χ2v) is 9.33. The van der Waals surface area contributed by atoms with Gasteiger partial charge in [-0.1, -0.05) is 18.7 Å². The summed E-state index contributed by atoms with van der Waals surface area (Å²) in [6.07, 6.45) is 2.25. The number of ether oxygens (including phenoxy) is 1. The second kappa shape index (κ2) is 8.75. The van der Waals surface area contributed by atoms with E-state index in [1.165, 1.54) is 29.5 Å². The Kier molecular flexibility index (Phi) is 6.60. The van der Waals surface area contributed by atoms with E-state index in [9.17, 15) is 9.59 Å². The number of hydrogen-bond donors (Lipinski definition) is 0. The number of hydrogen-bond acceptors (Lipinski definition) is 6. The van der Waals surface area contributed by atoms with Crippen molar-refractivity contribution in [3.63, 3.8) is 0 Å². The molecule has 2 aromatic rings. The van der Waals surface area contributed by atoms with E-state index in [0.29, 0.717) is 35.4 Å². The van der Waals surface area contributed by atoms with Gasteiger partial charge >= 0.3 is 0 Å². The zero-order valence-corrected chi connectivity index (χ0v) is 18.0. The Hall–Kier alpha value is -1.38. The van der Waals surface area contributed by atoms with Crippen molar-refractivity contribution in [2.24, 2.45) is 5.92 Å². The number of fused-ring (bicyclic) bond motifs is 1. The number of thiophene rings is 1. The first-order chi connectivity index (χ1) is 12.9. The third kappa shape index (κ3) is 4.38. The van der Waals surface area contributed by atoms with Gasteiger partial charge in [-0.25, -0.2) is 4.98 Å². The van der Waals surface area contributed by atoms with Gasteiger partial charge in [0.05, 0.1) is 24.3 Å². The minimum absolute atomic E-state index is 0.0413. The number of amides is 1. The third-order valence-corrected chi connectivity index (χ3v) is 7.17. The Balaban J connectivity index is 1.86. The van der Waals surface area contributed by atoms with Crippen LogP contribution in [0.25, 0.3) is 10.2 Å². The Morgan fingerprint density at radius 2 is 2.19 bits per heavy atom. The summed E-state index contributed by atoms with van der Waals surface area (Å²) in [7, 11) is 1.62. The van der Waals surface area contributed by atoms with E-state index in [-0.39, 0.29) is 11.5 Å². The average Bonchev–Trinajstić information content (AvgIpc) is 2.93. The molecule has 1 aliphatic heterocycles. The average molecular weight is 410 g/mol. The largest absolute Gasteiger partial charge is 0.383 e. The van der Waals surface area contributed by atoms with E-state index in [2.05, 4.69) is 6.92 Å². The van der Waals surface area contributed by atoms with Gasteiger partial charge in [0.1, 0.15) is 4.83 Å². The number of likely N-dealkylation sites (tertiary alicyclic amines) is 1. The van der Waals surface area contributed by atoms with Gasteiger partial charge in [0.15, 0.2) is 5.16 Å². The molecule has 0 radical (unpaired) electrons. The van der Waals surface area contributed by atoms with Crippen molar-refractivity contribution in [1.82, 2.24) is 14.5 Å². The van der Waals surface area contributed by atoms with Crippen molar-refractivity contribution in [3.05, 3.63) is 20.8 Å². The third-order valence-electron chi connectivity index (χ3n) is 5.11. The molecule has 8 heteroatoms. The van der Waals surface area contributed by atoms with Crippen LogP contribution in [0.5, 0.6) is 0 Å². The maximum absolute atomic E-state index is 13.0. The lowest BCUT2D eigenvalue weighted by Crippen LogP contribution is -2.40. The number of aryl methyl sites for hydroxylation is 2. The summed E-state index contributed by atoms with van der Waals surface area (Å²) in [5.74, 6) is 0.984. The van der Waals surface area contributed by atoms with Gasteiger partial charge in [0.2, 0.25) is 5.91 Å². The minimum Gasteiger partial charge on any atom is -0.383 e. The van der Waals surface area contributed by atoms with Crippen LogP contribution in [-0.4, -0.2) is 52.9 Å². The van der Waals surface area contributed by atoms with Crippen molar-refractivity contribution in [3.8, 4) is 0 Å². The Bertz CT molecular complexity index is 890. The van der Waals surface area contributed by atoms with Crippen LogP contribution in [0.2, 0.25) is 0 Å². The highest BCUT2D eigenvalue weighted by Crippen LogP contribution is 2.28. The summed E-state index contributed by atoms with van der Waals surface area (Å²) in [5.41, 5.74) is 0.953. The van der Waals surface area contributed by atoms with Crippen molar-refractivity contribution >= 4 is 39.2 Å². The number of piperidine rings is 1. The van der Waals surface area contributed by atoms with Gasteiger partial charge < -0.3 is 9.64 Å². The van der Waals surface area contributed by atoms with E-state index in [0.717, 1.165) is 34.8 Å². The number of thioether (sulfide) groups is 1. The maximum Gasteiger partial charge on any atom is 0.263 e. The number of methoxy groups -OCH3 is 1. The molecule has 1 amide bonds. The van der Waals surface area contributed by atoms with Crippen molar-refractivity contribution in [2.75, 3.05) is 32.6 Å². The quantitative estimate of drug-likeness (QED) is 0.542. The Labute approximate surface area is 167 Å². The SMILES string of the molecule is COCCn1c(SCC(=O)N2CCC[C@H](C)C2)nc2sc(C)c(C)c2c1=O. The standard InChI is InChI=1S/C19H27N3O3S2/c1-12-6-5-7-21(10-12)15(23)11-26-19-20-17-16(13(2)14(3)27-17)18(24)22(19)8-9-25-4/h12H,5-11H2,1-4H3/t12-/m0/s1. The number of aromatic nitrogens is 2. The molecule has 0 saturated carbocycles. The molecule has 2 aromatic heterocycles. The summed E-state index contributed by atoms with van der Waals surface area (Å²) in [5, 5.41) is 1.29. The Morgan fingerprint density at radius 1 is 1.41 bits per heavy atom. The second-order valence-electron chi connectivity index (χ2n) is 7.18. The van der Waals surface area contributed by atoms with Gasteiger partial charge in [-0.3, -0.25) is 14.2 Å². The molecular formula is C19H27N3O3S2. The maximum atomic E-state index is 13.0. The van der Waals surface area contributed by atoms with E-state index < -0.39 is 0 Å². The lowest BCUT2D eigenvalue weighted by molar-refractivity contribution is -0.130. The van der Waals surface area contributed by atoms with E-state index in [1.54, 1.807) is 11.7 Å². The molecule has 0 unspecified atom stereocenters. The normalized spacial score (nSPS) is 17.6. The molecule has 0 aromatic carbocycles. The zero-order valence-electron chi connectivity index (χ0n) is 16.4. The van der Waals surface area contributed by atoms with Crippen LogP contribution in [-0.2, 0) is 16.1 Å². The lowest BCUT2D eigenvalue weighted by Gasteiger charge is -2.30. The topological polar surface area (TPSA) is 64.4 Å². The van der Waals surface area contributed by atoms with Crippen molar-refractivity contribution in [1.29, 1.82) is 0 Å². The zero-order chi connectivity index (χ0) is 19.6. The first kappa shape index (κ1) is 20.4. The fraction of sp³-hybridized carbons (Fsp3) is 0.632. The fourth-order valence-corrected chi connectivity index (χ4v) is 5.43. The molecule has 0 bridgehead atoms. The molecule has 1 aliphatic rings. The summed E-state index contributed by atoms with van der Waals surface area (Å²) >= 11 is 2.89. The van der Waals surface area contributed by atoms with Gasteiger partial charge in [-0.05, 0) is 38.2 Å². The molecule has 27 heavy (non-hydrogen) atoms. The molecule has 1 atom stereocenters. The molecule has 1 fully saturated rings. The van der Waals surface area contributed by atoms with E-state index in [4.69, 9.17) is 9.72 Å². The Morgan fingerprint density at radius 3 is 2.89 bits per heavy atom. The van der Waals surface area contributed by atoms with Gasteiger partial charge in [-0.2, -0.15) is 0 Å². The summed E-state index contributed by atoms with van der Waals surface area (Å²) in [4.78, 5) is 34.2. The highest BCUT2D eigenvalue weighted by Gasteiger charge is 2.22. The molecule has 0 spiro atoms. The van der Waals surface area contributed by atoms with Crippen LogP contribution in [0, 0.1) is 19.8 Å². The fourth-order valence-electron chi connectivity index (χ4n) is 3.43. The lowest BCUT2D eigenvalue weighted by atomic mass is 10.0. The number of carbonyl (C=O) groups is 1. The smallest absolute Gasteiger partial charge is 0.263 e. The van der Waals surface area contributed by atoms with Crippen LogP contribution in [0.15, 0.2) is 9.95 Å². The molecule has 148 valence electrons. The highest BCUT2D eigenvalue weighted by atomic mass is 32.2. The van der Waals surface area contributed by atoms with Gasteiger partial charge in [0.25, 0.3) is 5.56 Å². The molecular weight excluding hydrogens is 382 g/mol. The highest BCUT2D eigenvalue weighted by molar-refractivity contribution is 7.99. The number of carbonyl (C=O) groups excluding carboxylic acids is 1. The van der Waals surface area contributed by atoms with Crippen LogP contribution in [0.1, 0.15) is 30.2 Å². The number of nitrogens with zero attached hydrogens (tertiary/aromatic N) is 3. The summed E-state index contributed by atoms with van der Waals surface area (Å²) in [6.45, 7) is 8.68. The summed E-state index contributed by atoms with van der Waals surface area (Å²) in [6, 6.07) is 0. The molecule has 3 rings (SSSR count). The van der Waals surface area contributed by atoms with E-state index in [1.807, 2.05) is 18.7 Å². The molecule has 6 nitrogen and oxygen atoms in total. The predicted molar refractivity (Wildman–Crippen MR) is 111 cm³/mol. The van der Waals surface area contributed by atoms with Crippen LogP contribution in [0.4, 0.5) is 0 Å². The molecule has 0 aliphatic carbocycles. The van der Waals surface area contributed by atoms with Gasteiger partial charge in [0, 0.05) is 25.1 Å². The first-order valence-electron chi connectivity index (χ1n) is 9.32. The molecule has 3 heterocycles. The van der Waals surface area contributed by atoms with Crippen LogP contribution >= 0.6 is 23.1 Å². The monoisotopic (exact) mass is 409 g/mol. The van der Waals surface area contributed by atoms with Crippen LogP contribution < -0.4 is 5.56 Å². The van der Waals surface area contributed by atoms with Crippen molar-refractivity contribution in [2.45, 2.75) is 45.3 Å². The van der Waals surface area contributed by atoms with Crippen LogP contribution in [0.3, 0.4) is 0 Å².